The summed E-state index contributed by atoms with van der Waals surface area (Å²) in [4.78, 5) is 11.0. The van der Waals surface area contributed by atoms with Gasteiger partial charge in [0.05, 0.1) is 0 Å². The molecule has 0 aliphatic heterocycles. The van der Waals surface area contributed by atoms with Crippen LogP contribution in [0.2, 0.25) is 0 Å². The predicted molar refractivity (Wildman–Crippen MR) is 46.3 cm³/mol. The molecule has 0 unspecified atom stereocenters. The van der Waals surface area contributed by atoms with Crippen molar-refractivity contribution in [2.45, 2.75) is 6.10 Å². The Morgan fingerprint density at radius 2 is 1.33 bits per heavy atom. The fourth-order valence-corrected chi connectivity index (χ4v) is 1.54. The molecule has 0 bridgehead atoms. The van der Waals surface area contributed by atoms with Gasteiger partial charge in [0, 0.05) is 10.1 Å². The highest BCUT2D eigenvalue weighted by Crippen LogP contribution is 2.34. The Hall–Kier alpha value is 0.270. The lowest BCUT2D eigenvalue weighted by atomic mass is 10.1. The third-order valence-corrected chi connectivity index (χ3v) is 3.00. The number of allylic oxidation sites excluding steroid dienone is 2. The molecule has 1 aliphatic rings. The average molecular weight is 247 g/mol. The molecule has 2 nitrogen and oxygen atoms in total. The second-order valence-corrected chi connectivity index (χ2v) is 3.60. The molecule has 0 radical (unpaired) electrons. The first kappa shape index (κ1) is 10.4. The molecule has 12 heavy (non-hydrogen) atoms. The molecule has 0 aromatic heterocycles. The van der Waals surface area contributed by atoms with E-state index in [4.69, 9.17) is 46.4 Å². The monoisotopic (exact) mass is 245 g/mol. The predicted octanol–water partition coefficient (Wildman–Crippen LogP) is 1.68. The van der Waals surface area contributed by atoms with Gasteiger partial charge in [-0.2, -0.15) is 0 Å². The highest BCUT2D eigenvalue weighted by molar-refractivity contribution is 6.60. The molecule has 0 heterocycles. The number of Topliss-reactive ketones (excluding diaryl/α,β-unsaturated/α-hetero) is 1. The SMILES string of the molecule is O=C1C(Cl)=C(Cl)C([O-])C(Cl)=C1Cl. The lowest BCUT2D eigenvalue weighted by Gasteiger charge is -2.26. The van der Waals surface area contributed by atoms with E-state index in [-0.39, 0.29) is 20.1 Å². The first-order valence-corrected chi connectivity index (χ1v) is 4.28. The maximum Gasteiger partial charge on any atom is 0.217 e. The summed E-state index contributed by atoms with van der Waals surface area (Å²) in [6.45, 7) is 0. The van der Waals surface area contributed by atoms with Crippen molar-refractivity contribution in [2.75, 3.05) is 0 Å². The summed E-state index contributed by atoms with van der Waals surface area (Å²) in [5.41, 5.74) is 0. The fourth-order valence-electron chi connectivity index (χ4n) is 0.655. The van der Waals surface area contributed by atoms with E-state index in [1.807, 2.05) is 0 Å². The van der Waals surface area contributed by atoms with E-state index in [2.05, 4.69) is 0 Å². The first-order chi connectivity index (χ1) is 5.46. The molecule has 0 aromatic carbocycles. The lowest BCUT2D eigenvalue weighted by Crippen LogP contribution is -2.31. The second-order valence-electron chi connectivity index (χ2n) is 2.03. The van der Waals surface area contributed by atoms with Crippen LogP contribution in [0.1, 0.15) is 0 Å². The van der Waals surface area contributed by atoms with E-state index in [1.165, 1.54) is 0 Å². The molecule has 0 amide bonds. The van der Waals surface area contributed by atoms with Crippen LogP contribution in [0.25, 0.3) is 0 Å². The van der Waals surface area contributed by atoms with Crippen LogP contribution in [0.3, 0.4) is 0 Å². The summed E-state index contributed by atoms with van der Waals surface area (Å²) < 4.78 is 0. The highest BCUT2D eigenvalue weighted by Gasteiger charge is 2.26. The molecule has 0 N–H and O–H groups in total. The van der Waals surface area contributed by atoms with Crippen LogP contribution >= 0.6 is 46.4 Å². The van der Waals surface area contributed by atoms with Gasteiger partial charge >= 0.3 is 0 Å². The smallest absolute Gasteiger partial charge is 0.217 e. The zero-order chi connectivity index (χ0) is 9.46. The van der Waals surface area contributed by atoms with Crippen molar-refractivity contribution in [2.24, 2.45) is 0 Å². The van der Waals surface area contributed by atoms with E-state index in [0.29, 0.717) is 0 Å². The summed E-state index contributed by atoms with van der Waals surface area (Å²) in [5, 5.41) is 9.74. The van der Waals surface area contributed by atoms with Gasteiger partial charge in [-0.15, -0.1) is 0 Å². The number of ketones is 1. The van der Waals surface area contributed by atoms with E-state index in [0.717, 1.165) is 0 Å². The molecular formula is C6HCl4O2-. The van der Waals surface area contributed by atoms with Gasteiger partial charge in [0.2, 0.25) is 5.78 Å². The van der Waals surface area contributed by atoms with E-state index >= 15 is 0 Å². The van der Waals surface area contributed by atoms with E-state index in [1.54, 1.807) is 0 Å². The minimum absolute atomic E-state index is 0.309. The van der Waals surface area contributed by atoms with Crippen molar-refractivity contribution in [3.05, 3.63) is 20.1 Å². The maximum absolute atomic E-state index is 11.1. The lowest BCUT2D eigenvalue weighted by molar-refractivity contribution is -0.390. The van der Waals surface area contributed by atoms with Crippen molar-refractivity contribution in [3.63, 3.8) is 0 Å². The maximum atomic E-state index is 11.1. The van der Waals surface area contributed by atoms with Crippen molar-refractivity contribution in [3.8, 4) is 0 Å². The number of carbonyl (C=O) groups excluding carboxylic acids is 1. The number of rotatable bonds is 0. The van der Waals surface area contributed by atoms with Crippen molar-refractivity contribution < 1.29 is 9.90 Å². The van der Waals surface area contributed by atoms with Crippen LogP contribution in [0, 0.1) is 0 Å². The molecule has 66 valence electrons. The van der Waals surface area contributed by atoms with E-state index in [9.17, 15) is 9.90 Å². The summed E-state index contributed by atoms with van der Waals surface area (Å²) >= 11 is 21.6. The zero-order valence-electron chi connectivity index (χ0n) is 5.41. The largest absolute Gasteiger partial charge is 0.844 e. The Morgan fingerprint density at radius 3 is 1.67 bits per heavy atom. The number of hydrogen-bond acceptors (Lipinski definition) is 2. The van der Waals surface area contributed by atoms with Gasteiger partial charge in [-0.25, -0.2) is 0 Å². The number of halogens is 4. The molecule has 0 saturated carbocycles. The van der Waals surface area contributed by atoms with Crippen molar-refractivity contribution >= 4 is 52.2 Å². The van der Waals surface area contributed by atoms with Crippen LogP contribution in [0.5, 0.6) is 0 Å². The molecule has 0 saturated heterocycles. The topological polar surface area (TPSA) is 40.1 Å². The summed E-state index contributed by atoms with van der Waals surface area (Å²) in [7, 11) is 0. The van der Waals surface area contributed by atoms with Gasteiger partial charge in [-0.3, -0.25) is 4.79 Å². The fraction of sp³-hybridized carbons (Fsp3) is 0.167. The normalized spacial score (nSPS) is 20.9. The highest BCUT2D eigenvalue weighted by atomic mass is 35.5. The quantitative estimate of drug-likeness (QED) is 0.653. The molecule has 0 atom stereocenters. The van der Waals surface area contributed by atoms with Crippen LogP contribution in [-0.4, -0.2) is 11.9 Å². The number of hydrogen-bond donors (Lipinski definition) is 0. The van der Waals surface area contributed by atoms with E-state index < -0.39 is 11.9 Å². The minimum Gasteiger partial charge on any atom is -0.844 e. The third kappa shape index (κ3) is 1.50. The molecule has 6 heteroatoms. The summed E-state index contributed by atoms with van der Waals surface area (Å²) in [5.74, 6) is -0.708. The second kappa shape index (κ2) is 3.56. The minimum atomic E-state index is -1.54. The molecule has 1 aliphatic carbocycles. The molecule has 1 rings (SSSR count). The Morgan fingerprint density at radius 1 is 1.00 bits per heavy atom. The molecule has 0 spiro atoms. The molecular weight excluding hydrogens is 246 g/mol. The van der Waals surface area contributed by atoms with Gasteiger partial charge in [0.15, 0.2) is 0 Å². The average Bonchev–Trinajstić information content (AvgIpc) is 2.08. The van der Waals surface area contributed by atoms with Crippen LogP contribution < -0.4 is 5.11 Å². The Kier molecular flexibility index (Phi) is 3.07. The summed E-state index contributed by atoms with van der Waals surface area (Å²) in [6, 6.07) is 0. The van der Waals surface area contributed by atoms with Crippen LogP contribution in [0.15, 0.2) is 20.1 Å². The van der Waals surface area contributed by atoms with Gasteiger partial charge in [-0.1, -0.05) is 46.4 Å². The molecule has 0 fully saturated rings. The standard InChI is InChI=1S/C6HCl4O2/c7-1-2(8)6(12)4(10)3(9)5(1)11/h5H/q-1. The Labute approximate surface area is 88.3 Å². The van der Waals surface area contributed by atoms with Crippen LogP contribution in [-0.2, 0) is 4.79 Å². The van der Waals surface area contributed by atoms with Crippen molar-refractivity contribution in [1.82, 2.24) is 0 Å². The Bertz CT molecular complexity index is 277. The Balaban J connectivity index is 3.22. The van der Waals surface area contributed by atoms with Crippen molar-refractivity contribution in [1.29, 1.82) is 0 Å². The van der Waals surface area contributed by atoms with Gasteiger partial charge in [0.25, 0.3) is 0 Å². The van der Waals surface area contributed by atoms with Crippen LogP contribution in [0.4, 0.5) is 0 Å². The number of carbonyl (C=O) groups is 1. The summed E-state index contributed by atoms with van der Waals surface area (Å²) in [6.07, 6.45) is -1.54. The third-order valence-electron chi connectivity index (χ3n) is 1.28. The van der Waals surface area contributed by atoms with Gasteiger partial charge in [0.1, 0.15) is 10.1 Å². The van der Waals surface area contributed by atoms with Gasteiger partial charge in [-0.05, 0) is 6.10 Å². The molecule has 0 aromatic rings. The van der Waals surface area contributed by atoms with Gasteiger partial charge < -0.3 is 5.11 Å². The first-order valence-electron chi connectivity index (χ1n) is 2.77. The zero-order valence-corrected chi connectivity index (χ0v) is 8.43.